The van der Waals surface area contributed by atoms with Crippen LogP contribution in [0.3, 0.4) is 0 Å². The first-order chi connectivity index (χ1) is 9.78. The molecule has 1 aromatic heterocycles. The van der Waals surface area contributed by atoms with Gasteiger partial charge in [0.15, 0.2) is 0 Å². The number of rotatable bonds is 7. The van der Waals surface area contributed by atoms with Crippen molar-refractivity contribution in [3.63, 3.8) is 0 Å². The summed E-state index contributed by atoms with van der Waals surface area (Å²) in [4.78, 5) is 4.29. The number of hydrogen-bond donors (Lipinski definition) is 1. The number of hydrogen-bond acceptors (Lipinski definition) is 3. The molecular formula is C17H22N2O. The van der Waals surface area contributed by atoms with Crippen molar-refractivity contribution in [2.24, 2.45) is 0 Å². The van der Waals surface area contributed by atoms with Crippen molar-refractivity contribution in [2.75, 3.05) is 6.61 Å². The third kappa shape index (κ3) is 4.67. The quantitative estimate of drug-likeness (QED) is 0.836. The van der Waals surface area contributed by atoms with Gasteiger partial charge in [0.05, 0.1) is 6.61 Å². The molecule has 1 N–H and O–H groups in total. The van der Waals surface area contributed by atoms with Gasteiger partial charge in [0, 0.05) is 25.0 Å². The van der Waals surface area contributed by atoms with Crippen molar-refractivity contribution >= 4 is 0 Å². The van der Waals surface area contributed by atoms with Gasteiger partial charge >= 0.3 is 0 Å². The van der Waals surface area contributed by atoms with Crippen LogP contribution in [0.1, 0.15) is 30.2 Å². The highest BCUT2D eigenvalue weighted by molar-refractivity contribution is 5.28. The van der Waals surface area contributed by atoms with Gasteiger partial charge in [-0.15, -0.1) is 0 Å². The lowest BCUT2D eigenvalue weighted by Crippen LogP contribution is -2.13. The van der Waals surface area contributed by atoms with E-state index in [1.54, 1.807) is 0 Å². The number of ether oxygens (including phenoxy) is 1. The minimum absolute atomic E-state index is 0.770. The predicted octanol–water partition coefficient (Wildman–Crippen LogP) is 3.47. The molecular weight excluding hydrogens is 248 g/mol. The zero-order chi connectivity index (χ0) is 14.2. The molecule has 1 aromatic carbocycles. The van der Waals surface area contributed by atoms with Gasteiger partial charge in [-0.3, -0.25) is 4.98 Å². The van der Waals surface area contributed by atoms with Crippen molar-refractivity contribution in [1.29, 1.82) is 0 Å². The number of pyridine rings is 1. The first-order valence-corrected chi connectivity index (χ1v) is 7.12. The molecule has 1 heterocycles. The first-order valence-electron chi connectivity index (χ1n) is 7.12. The van der Waals surface area contributed by atoms with E-state index in [0.29, 0.717) is 0 Å². The molecule has 0 radical (unpaired) electrons. The standard InChI is InChI=1S/C17H22N2O/c1-3-9-20-17-6-4-5-15(10-17)11-18-12-16-8-7-14(2)19-13-16/h4-8,10,13,18H,3,9,11-12H2,1-2H3. The smallest absolute Gasteiger partial charge is 0.119 e. The zero-order valence-electron chi connectivity index (χ0n) is 12.2. The summed E-state index contributed by atoms with van der Waals surface area (Å²) in [6, 6.07) is 12.4. The van der Waals surface area contributed by atoms with Crippen LogP contribution in [0.4, 0.5) is 0 Å². The Morgan fingerprint density at radius 3 is 2.70 bits per heavy atom. The van der Waals surface area contributed by atoms with Crippen molar-refractivity contribution < 1.29 is 4.74 Å². The van der Waals surface area contributed by atoms with Gasteiger partial charge in [-0.25, -0.2) is 0 Å². The van der Waals surface area contributed by atoms with Crippen LogP contribution in [-0.2, 0) is 13.1 Å². The molecule has 3 heteroatoms. The fourth-order valence-electron chi connectivity index (χ4n) is 1.92. The average molecular weight is 270 g/mol. The van der Waals surface area contributed by atoms with Crippen LogP contribution >= 0.6 is 0 Å². The highest BCUT2D eigenvalue weighted by atomic mass is 16.5. The van der Waals surface area contributed by atoms with Crippen LogP contribution in [0.5, 0.6) is 5.75 Å². The summed E-state index contributed by atoms with van der Waals surface area (Å²) in [7, 11) is 0. The van der Waals surface area contributed by atoms with E-state index in [2.05, 4.69) is 35.4 Å². The molecule has 0 aliphatic carbocycles. The molecule has 0 aliphatic rings. The molecule has 0 aliphatic heterocycles. The molecule has 0 bridgehead atoms. The molecule has 0 saturated heterocycles. The maximum Gasteiger partial charge on any atom is 0.119 e. The van der Waals surface area contributed by atoms with E-state index in [-0.39, 0.29) is 0 Å². The normalized spacial score (nSPS) is 10.5. The lowest BCUT2D eigenvalue weighted by atomic mass is 10.2. The van der Waals surface area contributed by atoms with Gasteiger partial charge in [0.2, 0.25) is 0 Å². The first kappa shape index (κ1) is 14.5. The van der Waals surface area contributed by atoms with E-state index in [9.17, 15) is 0 Å². The van der Waals surface area contributed by atoms with Gasteiger partial charge in [-0.1, -0.05) is 25.1 Å². The second-order valence-electron chi connectivity index (χ2n) is 4.91. The second-order valence-corrected chi connectivity index (χ2v) is 4.91. The van der Waals surface area contributed by atoms with Crippen molar-refractivity contribution in [3.05, 3.63) is 59.4 Å². The summed E-state index contributed by atoms with van der Waals surface area (Å²) >= 11 is 0. The minimum Gasteiger partial charge on any atom is -0.494 e. The summed E-state index contributed by atoms with van der Waals surface area (Å²) in [5.74, 6) is 0.947. The Morgan fingerprint density at radius 2 is 1.95 bits per heavy atom. The van der Waals surface area contributed by atoms with Gasteiger partial charge < -0.3 is 10.1 Å². The van der Waals surface area contributed by atoms with E-state index in [0.717, 1.165) is 37.6 Å². The Bertz CT molecular complexity index is 523. The molecule has 106 valence electrons. The fourth-order valence-corrected chi connectivity index (χ4v) is 1.92. The Kier molecular flexibility index (Phi) is 5.56. The molecule has 2 rings (SSSR count). The Labute approximate surface area is 121 Å². The largest absolute Gasteiger partial charge is 0.494 e. The summed E-state index contributed by atoms with van der Waals surface area (Å²) in [6.45, 7) is 6.54. The SMILES string of the molecule is CCCOc1cccc(CNCc2ccc(C)nc2)c1. The molecule has 0 fully saturated rings. The topological polar surface area (TPSA) is 34.1 Å². The number of nitrogens with zero attached hydrogens (tertiary/aromatic N) is 1. The second kappa shape index (κ2) is 7.65. The molecule has 0 atom stereocenters. The Morgan fingerprint density at radius 1 is 1.10 bits per heavy atom. The Balaban J connectivity index is 1.82. The van der Waals surface area contributed by atoms with Crippen LogP contribution in [0.2, 0.25) is 0 Å². The van der Waals surface area contributed by atoms with Gasteiger partial charge in [-0.2, -0.15) is 0 Å². The van der Waals surface area contributed by atoms with Crippen molar-refractivity contribution in [1.82, 2.24) is 10.3 Å². The number of nitrogens with one attached hydrogen (secondary N) is 1. The highest BCUT2D eigenvalue weighted by Crippen LogP contribution is 2.13. The summed E-state index contributed by atoms with van der Waals surface area (Å²) in [5, 5.41) is 3.43. The van der Waals surface area contributed by atoms with Gasteiger partial charge in [-0.05, 0) is 42.7 Å². The number of aromatic nitrogens is 1. The zero-order valence-corrected chi connectivity index (χ0v) is 12.2. The van der Waals surface area contributed by atoms with Crippen molar-refractivity contribution in [3.8, 4) is 5.75 Å². The third-order valence-electron chi connectivity index (χ3n) is 3.00. The summed E-state index contributed by atoms with van der Waals surface area (Å²) in [6.07, 6.45) is 2.95. The molecule has 20 heavy (non-hydrogen) atoms. The molecule has 0 spiro atoms. The molecule has 0 amide bonds. The molecule has 3 nitrogen and oxygen atoms in total. The van der Waals surface area contributed by atoms with E-state index >= 15 is 0 Å². The van der Waals surface area contributed by atoms with Crippen LogP contribution in [0.25, 0.3) is 0 Å². The third-order valence-corrected chi connectivity index (χ3v) is 3.00. The molecule has 0 unspecified atom stereocenters. The van der Waals surface area contributed by atoms with Crippen LogP contribution < -0.4 is 10.1 Å². The molecule has 0 saturated carbocycles. The lowest BCUT2D eigenvalue weighted by molar-refractivity contribution is 0.317. The predicted molar refractivity (Wildman–Crippen MR) is 81.7 cm³/mol. The van der Waals surface area contributed by atoms with Gasteiger partial charge in [0.25, 0.3) is 0 Å². The monoisotopic (exact) mass is 270 g/mol. The fraction of sp³-hybridized carbons (Fsp3) is 0.353. The van der Waals surface area contributed by atoms with Crippen molar-refractivity contribution in [2.45, 2.75) is 33.4 Å². The molecule has 2 aromatic rings. The van der Waals surface area contributed by atoms with Gasteiger partial charge in [0.1, 0.15) is 5.75 Å². The maximum atomic E-state index is 5.64. The maximum absolute atomic E-state index is 5.64. The summed E-state index contributed by atoms with van der Waals surface area (Å²) < 4.78 is 5.64. The average Bonchev–Trinajstić information content (AvgIpc) is 2.48. The van der Waals surface area contributed by atoms with E-state index in [1.165, 1.54) is 11.1 Å². The Hall–Kier alpha value is -1.87. The highest BCUT2D eigenvalue weighted by Gasteiger charge is 1.98. The lowest BCUT2D eigenvalue weighted by Gasteiger charge is -2.08. The minimum atomic E-state index is 0.770. The number of aryl methyl sites for hydroxylation is 1. The van der Waals surface area contributed by atoms with Crippen LogP contribution in [-0.4, -0.2) is 11.6 Å². The van der Waals surface area contributed by atoms with E-state index in [4.69, 9.17) is 4.74 Å². The van der Waals surface area contributed by atoms with Crippen LogP contribution in [0.15, 0.2) is 42.6 Å². The van der Waals surface area contributed by atoms with E-state index in [1.807, 2.05) is 31.3 Å². The summed E-state index contributed by atoms with van der Waals surface area (Å²) in [5.41, 5.74) is 3.49. The van der Waals surface area contributed by atoms with E-state index < -0.39 is 0 Å². The number of benzene rings is 1. The van der Waals surface area contributed by atoms with Crippen LogP contribution in [0, 0.1) is 6.92 Å².